The number of halogens is 1. The molecule has 9 aromatic carbocycles. The first kappa shape index (κ1) is 11.3. The zero-order valence-corrected chi connectivity index (χ0v) is 23.5. The molecule has 0 radical (unpaired) electrons. The minimum Gasteiger partial charge on any atom is -0.456 e. The molecule has 0 aliphatic carbocycles. The van der Waals surface area contributed by atoms with Gasteiger partial charge in [-0.3, -0.25) is 0 Å². The second-order valence-electron chi connectivity index (χ2n) is 10.2. The lowest BCUT2D eigenvalue weighted by atomic mass is 9.83. The van der Waals surface area contributed by atoms with Crippen molar-refractivity contribution in [2.24, 2.45) is 0 Å². The van der Waals surface area contributed by atoms with Crippen LogP contribution >= 0.6 is 11.6 Å². The van der Waals surface area contributed by atoms with Crippen molar-refractivity contribution in [2.45, 2.75) is 0 Å². The average Bonchev–Trinajstić information content (AvgIpc) is 3.76. The lowest BCUT2D eigenvalue weighted by molar-refractivity contribution is 0.669. The molecule has 10 rings (SSSR count). The quantitative estimate of drug-likeness (QED) is 0.137. The Labute approximate surface area is 305 Å². The van der Waals surface area contributed by atoms with Gasteiger partial charge in [0.2, 0.25) is 0 Å². The van der Waals surface area contributed by atoms with Gasteiger partial charge in [0.15, 0.2) is 0 Å². The first-order valence-electron chi connectivity index (χ1n) is 26.1. The fourth-order valence-corrected chi connectivity index (χ4v) is 6.26. The summed E-state index contributed by atoms with van der Waals surface area (Å²) in [6.07, 6.45) is 0. The molecule has 0 N–H and O–H groups in total. The summed E-state index contributed by atoms with van der Waals surface area (Å²) in [4.78, 5) is 0. The van der Waals surface area contributed by atoms with Crippen LogP contribution in [0, 0.1) is 0 Å². The van der Waals surface area contributed by atoms with E-state index in [4.69, 9.17) is 38.0 Å². The smallest absolute Gasteiger partial charge is 0.136 e. The van der Waals surface area contributed by atoms with Crippen molar-refractivity contribution in [1.82, 2.24) is 0 Å². The minimum atomic E-state index is -0.965. The fraction of sp³-hybridized carbons (Fsp3) is 0. The molecule has 0 saturated carbocycles. The van der Waals surface area contributed by atoms with Gasteiger partial charge in [0.1, 0.15) is 11.2 Å². The number of benzene rings is 9. The summed E-state index contributed by atoms with van der Waals surface area (Å²) in [5.74, 6) is 0. The van der Waals surface area contributed by atoms with E-state index in [-0.39, 0.29) is 0 Å². The molecule has 0 bridgehead atoms. The van der Waals surface area contributed by atoms with Crippen LogP contribution in [0.15, 0.2) is 155 Å². The zero-order valence-electron chi connectivity index (χ0n) is 47.8. The number of hydrogen-bond acceptors (Lipinski definition) is 1. The first-order valence-corrected chi connectivity index (χ1v) is 14.0. The highest BCUT2D eigenvalue weighted by Crippen LogP contribution is 2.50. The maximum absolute atomic E-state index is 9.86. The predicted octanol–water partition coefficient (Wildman–Crippen LogP) is 13.3. The molecule has 1 heterocycles. The Morgan fingerprint density at radius 1 is 0.370 bits per heavy atom. The molecule has 0 saturated heterocycles. The van der Waals surface area contributed by atoms with E-state index in [0.717, 1.165) is 0 Å². The van der Waals surface area contributed by atoms with Crippen molar-refractivity contribution in [2.75, 3.05) is 0 Å². The summed E-state index contributed by atoms with van der Waals surface area (Å²) >= 11 is 7.28. The Balaban J connectivity index is 1.56. The monoisotopic (exact) mass is 629 g/mol. The third kappa shape index (κ3) is 3.58. The molecule has 0 spiro atoms. The van der Waals surface area contributed by atoms with Crippen molar-refractivity contribution in [3.63, 3.8) is 0 Å². The van der Waals surface area contributed by atoms with Gasteiger partial charge >= 0.3 is 0 Å². The van der Waals surface area contributed by atoms with Crippen LogP contribution in [-0.4, -0.2) is 0 Å². The topological polar surface area (TPSA) is 13.1 Å². The second kappa shape index (κ2) is 9.68. The van der Waals surface area contributed by atoms with Crippen LogP contribution < -0.4 is 0 Å². The van der Waals surface area contributed by atoms with Crippen LogP contribution in [0.2, 0.25) is 5.02 Å². The van der Waals surface area contributed by atoms with Crippen molar-refractivity contribution in [3.8, 4) is 22.3 Å². The average molecular weight is 630 g/mol. The highest BCUT2D eigenvalue weighted by atomic mass is 35.5. The molecule has 0 aliphatic heterocycles. The van der Waals surface area contributed by atoms with Crippen LogP contribution in [0.3, 0.4) is 0 Å². The van der Waals surface area contributed by atoms with E-state index < -0.39 is 254 Å². The highest BCUT2D eigenvalue weighted by molar-refractivity contribution is 6.43. The lowest BCUT2D eigenvalue weighted by Crippen LogP contribution is -1.93. The summed E-state index contributed by atoms with van der Waals surface area (Å²) in [5.41, 5.74) is -3.80. The van der Waals surface area contributed by atoms with Gasteiger partial charge in [-0.15, -0.1) is 0 Å². The first-order chi connectivity index (χ1) is 33.2. The van der Waals surface area contributed by atoms with E-state index in [2.05, 4.69) is 0 Å². The normalized spacial score (nSPS) is 19.6. The molecule has 0 atom stereocenters. The third-order valence-electron chi connectivity index (χ3n) is 7.82. The Hall–Kier alpha value is -5.63. The Morgan fingerprint density at radius 2 is 0.826 bits per heavy atom. The molecule has 214 valence electrons. The molecule has 0 amide bonds. The SMILES string of the molecule is [2H]c1c(-c2c3c([2H])c([2H])c([2H])c([2H])c3c(-c3c(Cl)c4c([2H])c([2H])c([2H])c([2H])c4c4c([2H])c([2H])c([2H])c([2H])c34)c3c([2H])c([2H])c([2H])c([2H])c23)c([2H])c2c(oc3c([2H])c4c([2H])c([2H])c([2H])c([2H])c4c([2H])c32)c1[2H]. The standard InChI is InChI=1S/C44H25ClO/c45-44-36-20-10-4-14-30(36)29-13-3-5-15-31(29)43(44)42-34-18-8-6-16-32(34)41(33-17-7-9-19-35(33)42)28-21-22-39-37(24-28)38-23-26-11-1-2-12-27(26)25-40(38)46-39/h1-25H/i1D,2D,3D,4D,5D,6D,7D,8D,9D,10D,11D,12D,13D,14D,15D,16D,17D,18D,19D,20D,21D,22D,23D,24D,25D. The summed E-state index contributed by atoms with van der Waals surface area (Å²) in [7, 11) is 0. The molecule has 1 aromatic heterocycles. The van der Waals surface area contributed by atoms with Gasteiger partial charge < -0.3 is 4.42 Å². The molecule has 0 fully saturated rings. The number of rotatable bonds is 2. The number of hydrogen-bond donors (Lipinski definition) is 0. The fourth-order valence-electron chi connectivity index (χ4n) is 5.93. The van der Waals surface area contributed by atoms with Gasteiger partial charge in [-0.25, -0.2) is 0 Å². The van der Waals surface area contributed by atoms with Crippen LogP contribution in [0.1, 0.15) is 34.3 Å². The summed E-state index contributed by atoms with van der Waals surface area (Å²) in [5, 5.41) is -7.42. The van der Waals surface area contributed by atoms with Gasteiger partial charge in [0, 0.05) is 21.7 Å². The van der Waals surface area contributed by atoms with Gasteiger partial charge in [-0.1, -0.05) is 138 Å². The van der Waals surface area contributed by atoms with E-state index in [9.17, 15) is 12.3 Å². The second-order valence-corrected chi connectivity index (χ2v) is 10.6. The van der Waals surface area contributed by atoms with Crippen LogP contribution in [0.4, 0.5) is 0 Å². The van der Waals surface area contributed by atoms with E-state index >= 15 is 0 Å². The largest absolute Gasteiger partial charge is 0.456 e. The molecule has 1 nitrogen and oxygen atoms in total. The van der Waals surface area contributed by atoms with E-state index in [1.165, 1.54) is 0 Å². The number of furan rings is 1. The van der Waals surface area contributed by atoms with E-state index in [0.29, 0.717) is 0 Å². The van der Waals surface area contributed by atoms with Gasteiger partial charge in [-0.05, 0) is 89.3 Å². The highest BCUT2D eigenvalue weighted by Gasteiger charge is 2.22. The van der Waals surface area contributed by atoms with Crippen molar-refractivity contribution in [3.05, 3.63) is 156 Å². The molecule has 10 aromatic rings. The Kier molecular flexibility index (Phi) is 2.38. The van der Waals surface area contributed by atoms with Crippen molar-refractivity contribution < 1.29 is 38.7 Å². The maximum Gasteiger partial charge on any atom is 0.136 e. The van der Waals surface area contributed by atoms with E-state index in [1.807, 2.05) is 0 Å². The number of fused-ring (bicyclic) bond motifs is 9. The molecular weight excluding hydrogens is 580 g/mol. The molecule has 2 heteroatoms. The zero-order chi connectivity index (χ0) is 52.1. The van der Waals surface area contributed by atoms with Crippen LogP contribution in [-0.2, 0) is 0 Å². The third-order valence-corrected chi connectivity index (χ3v) is 8.20. The van der Waals surface area contributed by atoms with Gasteiger partial charge in [-0.2, -0.15) is 0 Å². The van der Waals surface area contributed by atoms with E-state index in [1.54, 1.807) is 0 Å². The lowest BCUT2D eigenvalue weighted by Gasteiger charge is -2.21. The molecule has 0 unspecified atom stereocenters. The van der Waals surface area contributed by atoms with Crippen molar-refractivity contribution >= 4 is 87.4 Å². The Morgan fingerprint density at radius 3 is 1.46 bits per heavy atom. The maximum atomic E-state index is 9.86. The van der Waals surface area contributed by atoms with Crippen LogP contribution in [0.25, 0.3) is 98.1 Å². The van der Waals surface area contributed by atoms with Crippen molar-refractivity contribution in [1.29, 1.82) is 0 Å². The molecule has 46 heavy (non-hydrogen) atoms. The predicted molar refractivity (Wildman–Crippen MR) is 197 cm³/mol. The minimum absolute atomic E-state index is 0.434. The summed E-state index contributed by atoms with van der Waals surface area (Å²) in [6.45, 7) is 0. The molecule has 0 aliphatic rings. The van der Waals surface area contributed by atoms with Crippen LogP contribution in [0.5, 0.6) is 0 Å². The van der Waals surface area contributed by atoms with Gasteiger partial charge in [0.05, 0.1) is 39.3 Å². The summed E-state index contributed by atoms with van der Waals surface area (Å²) < 4.78 is 231. The summed E-state index contributed by atoms with van der Waals surface area (Å²) in [6, 6.07) is -21.4. The van der Waals surface area contributed by atoms with Gasteiger partial charge in [0.25, 0.3) is 0 Å². The Bertz CT molecular complexity index is 4220. The molecular formula is C44H25ClO.